The van der Waals surface area contributed by atoms with E-state index in [0.29, 0.717) is 35.5 Å². The van der Waals surface area contributed by atoms with Crippen molar-refractivity contribution in [3.63, 3.8) is 0 Å². The summed E-state index contributed by atoms with van der Waals surface area (Å²) in [6, 6.07) is 13.3. The first-order valence-electron chi connectivity index (χ1n) is 8.69. The molecule has 3 heterocycles. The van der Waals surface area contributed by atoms with E-state index in [9.17, 15) is 14.0 Å². The molecular weight excluding hydrogens is 347 g/mol. The van der Waals surface area contributed by atoms with Gasteiger partial charge in [-0.2, -0.15) is 10.1 Å². The van der Waals surface area contributed by atoms with E-state index in [2.05, 4.69) is 10.1 Å². The van der Waals surface area contributed by atoms with Gasteiger partial charge in [-0.1, -0.05) is 30.3 Å². The van der Waals surface area contributed by atoms with E-state index in [4.69, 9.17) is 0 Å². The van der Waals surface area contributed by atoms with Gasteiger partial charge in [-0.25, -0.2) is 9.07 Å². The van der Waals surface area contributed by atoms with Gasteiger partial charge in [0.25, 0.3) is 5.56 Å². The smallest absolute Gasteiger partial charge is 0.286 e. The Bertz CT molecular complexity index is 1160. The molecule has 27 heavy (non-hydrogen) atoms. The van der Waals surface area contributed by atoms with Gasteiger partial charge >= 0.3 is 0 Å². The summed E-state index contributed by atoms with van der Waals surface area (Å²) in [5.74, 6) is -0.194. The quantitative estimate of drug-likeness (QED) is 0.668. The molecule has 0 N–H and O–H groups in total. The minimum Gasteiger partial charge on any atom is -0.286 e. The van der Waals surface area contributed by atoms with E-state index in [1.54, 1.807) is 21.7 Å². The molecular formula is C20H15FN4O2. The number of benzene rings is 2. The molecule has 1 atom stereocenters. The van der Waals surface area contributed by atoms with Crippen LogP contribution in [0.3, 0.4) is 0 Å². The molecule has 2 aliphatic rings. The molecule has 0 bridgehead atoms. The lowest BCUT2D eigenvalue weighted by atomic mass is 10.0. The fourth-order valence-corrected chi connectivity index (χ4v) is 3.98. The molecule has 0 saturated carbocycles. The zero-order chi connectivity index (χ0) is 18.8. The molecule has 5 rings (SSSR count). The second kappa shape index (κ2) is 5.33. The van der Waals surface area contributed by atoms with E-state index in [1.165, 1.54) is 18.2 Å². The number of nitrogens with zero attached hydrogens (tertiary/aromatic N) is 4. The Labute approximate surface area is 153 Å². The average molecular weight is 362 g/mol. The van der Waals surface area contributed by atoms with E-state index in [-0.39, 0.29) is 11.6 Å². The Morgan fingerprint density at radius 1 is 1.11 bits per heavy atom. The Balaban J connectivity index is 1.85. The number of aromatic nitrogens is 3. The highest BCUT2D eigenvalue weighted by molar-refractivity contribution is 6.01. The van der Waals surface area contributed by atoms with Crippen molar-refractivity contribution in [2.75, 3.05) is 4.90 Å². The van der Waals surface area contributed by atoms with Crippen LogP contribution in [0.1, 0.15) is 19.8 Å². The van der Waals surface area contributed by atoms with Crippen LogP contribution in [-0.4, -0.2) is 20.7 Å². The Morgan fingerprint density at radius 2 is 1.89 bits per heavy atom. The summed E-state index contributed by atoms with van der Waals surface area (Å²) >= 11 is 0. The molecule has 0 radical (unpaired) electrons. The monoisotopic (exact) mass is 362 g/mol. The van der Waals surface area contributed by atoms with Gasteiger partial charge in [0, 0.05) is 24.0 Å². The summed E-state index contributed by atoms with van der Waals surface area (Å²) in [6.45, 7) is 1.86. The Kier molecular flexibility index (Phi) is 3.13. The van der Waals surface area contributed by atoms with E-state index >= 15 is 0 Å². The highest BCUT2D eigenvalue weighted by atomic mass is 19.1. The van der Waals surface area contributed by atoms with Crippen LogP contribution in [0.5, 0.6) is 0 Å². The molecule has 6 nitrogen and oxygen atoms in total. The summed E-state index contributed by atoms with van der Waals surface area (Å²) < 4.78 is 15.5. The molecule has 0 spiro atoms. The van der Waals surface area contributed by atoms with Crippen LogP contribution in [0, 0.1) is 5.82 Å². The molecule has 1 amide bonds. The van der Waals surface area contributed by atoms with Crippen molar-refractivity contribution in [3.8, 4) is 22.6 Å². The van der Waals surface area contributed by atoms with Gasteiger partial charge in [0.05, 0.1) is 5.69 Å². The van der Waals surface area contributed by atoms with E-state index < -0.39 is 17.0 Å². The van der Waals surface area contributed by atoms with Gasteiger partial charge in [0.15, 0.2) is 11.5 Å². The van der Waals surface area contributed by atoms with Crippen LogP contribution < -0.4 is 10.5 Å². The normalized spacial score (nSPS) is 20.2. The van der Waals surface area contributed by atoms with E-state index in [1.807, 2.05) is 25.1 Å². The third kappa shape index (κ3) is 2.11. The SMILES string of the molecule is CC12CCC(=O)N1c1cc(F)ccc1-c1nc(=O)c(-c3ccccc3)nn12. The molecule has 1 fully saturated rings. The second-order valence-electron chi connectivity index (χ2n) is 6.97. The van der Waals surface area contributed by atoms with Crippen LogP contribution >= 0.6 is 0 Å². The lowest BCUT2D eigenvalue weighted by molar-refractivity contribution is -0.117. The van der Waals surface area contributed by atoms with Crippen LogP contribution in [0.25, 0.3) is 22.6 Å². The number of rotatable bonds is 1. The van der Waals surface area contributed by atoms with Crippen molar-refractivity contribution < 1.29 is 9.18 Å². The van der Waals surface area contributed by atoms with Crippen molar-refractivity contribution in [2.45, 2.75) is 25.4 Å². The predicted octanol–water partition coefficient (Wildman–Crippen LogP) is 2.92. The Hall–Kier alpha value is -3.35. The Morgan fingerprint density at radius 3 is 2.67 bits per heavy atom. The first kappa shape index (κ1) is 15.9. The van der Waals surface area contributed by atoms with Crippen LogP contribution in [0.2, 0.25) is 0 Å². The van der Waals surface area contributed by atoms with Crippen molar-refractivity contribution in [3.05, 3.63) is 64.7 Å². The number of anilines is 1. The number of carbonyl (C=O) groups excluding carboxylic acids is 1. The molecule has 134 valence electrons. The maximum Gasteiger partial charge on any atom is 0.300 e. The zero-order valence-corrected chi connectivity index (χ0v) is 14.5. The maximum absolute atomic E-state index is 13.9. The highest BCUT2D eigenvalue weighted by Gasteiger charge is 2.50. The summed E-state index contributed by atoms with van der Waals surface area (Å²) in [6.07, 6.45) is 0.820. The molecule has 1 saturated heterocycles. The molecule has 0 aliphatic carbocycles. The topological polar surface area (TPSA) is 68.1 Å². The summed E-state index contributed by atoms with van der Waals surface area (Å²) in [5.41, 5.74) is 0.552. The molecule has 3 aromatic rings. The van der Waals surface area contributed by atoms with Gasteiger partial charge in [-0.3, -0.25) is 14.5 Å². The number of halogens is 1. The molecule has 2 aliphatic heterocycles. The van der Waals surface area contributed by atoms with Gasteiger partial charge in [-0.15, -0.1) is 0 Å². The summed E-state index contributed by atoms with van der Waals surface area (Å²) in [5, 5.41) is 4.61. The standard InChI is InChI=1S/C20H15FN4O2/c1-20-10-9-16(26)24(20)15-11-13(21)7-8-14(15)18-22-19(27)17(23-25(18)20)12-5-3-2-4-6-12/h2-8,11H,9-10H2,1H3. The number of hydrogen-bond donors (Lipinski definition) is 0. The first-order chi connectivity index (χ1) is 13.0. The summed E-state index contributed by atoms with van der Waals surface area (Å²) in [4.78, 5) is 31.1. The molecule has 1 aromatic heterocycles. The fraction of sp³-hybridized carbons (Fsp3) is 0.200. The number of fused-ring (bicyclic) bond motifs is 6. The molecule has 2 aromatic carbocycles. The summed E-state index contributed by atoms with van der Waals surface area (Å²) in [7, 11) is 0. The maximum atomic E-state index is 13.9. The minimum absolute atomic E-state index is 0.100. The predicted molar refractivity (Wildman–Crippen MR) is 97.5 cm³/mol. The molecule has 7 heteroatoms. The van der Waals surface area contributed by atoms with Crippen LogP contribution in [0.4, 0.5) is 10.1 Å². The van der Waals surface area contributed by atoms with Crippen LogP contribution in [0.15, 0.2) is 53.3 Å². The lowest BCUT2D eigenvalue weighted by Gasteiger charge is -2.42. The lowest BCUT2D eigenvalue weighted by Crippen LogP contribution is -2.51. The second-order valence-corrected chi connectivity index (χ2v) is 6.97. The van der Waals surface area contributed by atoms with Crippen molar-refractivity contribution >= 4 is 11.6 Å². The zero-order valence-electron chi connectivity index (χ0n) is 14.5. The number of hydrogen-bond acceptors (Lipinski definition) is 4. The van der Waals surface area contributed by atoms with E-state index in [0.717, 1.165) is 0 Å². The number of carbonyl (C=O) groups is 1. The minimum atomic E-state index is -0.836. The highest BCUT2D eigenvalue weighted by Crippen LogP contribution is 2.47. The fourth-order valence-electron chi connectivity index (χ4n) is 3.98. The van der Waals surface area contributed by atoms with Gasteiger partial charge in [0.1, 0.15) is 11.5 Å². The third-order valence-electron chi connectivity index (χ3n) is 5.30. The van der Waals surface area contributed by atoms with Gasteiger partial charge in [-0.05, 0) is 25.1 Å². The van der Waals surface area contributed by atoms with Crippen LogP contribution in [-0.2, 0) is 10.5 Å². The van der Waals surface area contributed by atoms with Crippen molar-refractivity contribution in [1.82, 2.24) is 14.8 Å². The first-order valence-corrected chi connectivity index (χ1v) is 8.69. The average Bonchev–Trinajstić information content (AvgIpc) is 2.98. The third-order valence-corrected chi connectivity index (χ3v) is 5.30. The van der Waals surface area contributed by atoms with Gasteiger partial charge < -0.3 is 0 Å². The van der Waals surface area contributed by atoms with Crippen molar-refractivity contribution in [1.29, 1.82) is 0 Å². The molecule has 1 unspecified atom stereocenters. The van der Waals surface area contributed by atoms with Gasteiger partial charge in [0.2, 0.25) is 5.91 Å². The van der Waals surface area contributed by atoms with Crippen molar-refractivity contribution in [2.24, 2.45) is 0 Å². The number of amides is 1. The largest absolute Gasteiger partial charge is 0.300 e.